The average molecular weight is 194 g/mol. The summed E-state index contributed by atoms with van der Waals surface area (Å²) in [5, 5.41) is 0. The second-order valence-electron chi connectivity index (χ2n) is 2.96. The van der Waals surface area contributed by atoms with Gasteiger partial charge < -0.3 is 4.74 Å². The fraction of sp³-hybridized carbons (Fsp3) is 0.364. The number of aryl methyl sites for hydroxylation is 1. The second kappa shape index (κ2) is 4.38. The van der Waals surface area contributed by atoms with Crippen LogP contribution in [0, 0.1) is 6.92 Å². The first-order valence-electron chi connectivity index (χ1n) is 4.37. The van der Waals surface area contributed by atoms with Gasteiger partial charge in [0.05, 0.1) is 7.11 Å². The van der Waals surface area contributed by atoms with Crippen LogP contribution in [0.1, 0.15) is 24.5 Å². The third kappa shape index (κ3) is 2.28. The van der Waals surface area contributed by atoms with Gasteiger partial charge in [-0.25, -0.2) is 0 Å². The lowest BCUT2D eigenvalue weighted by Gasteiger charge is -2.07. The van der Waals surface area contributed by atoms with Crippen molar-refractivity contribution in [1.29, 1.82) is 0 Å². The van der Waals surface area contributed by atoms with Crippen molar-refractivity contribution in [3.05, 3.63) is 29.3 Å². The van der Waals surface area contributed by atoms with Gasteiger partial charge in [0.15, 0.2) is 0 Å². The van der Waals surface area contributed by atoms with Gasteiger partial charge in [-0.3, -0.25) is 0 Å². The zero-order valence-electron chi connectivity index (χ0n) is 8.26. The maximum Gasteiger partial charge on any atom is 0.122 e. The maximum absolute atomic E-state index is 5.22. The Morgan fingerprint density at radius 1 is 1.46 bits per heavy atom. The number of methoxy groups -OCH3 is 1. The van der Waals surface area contributed by atoms with E-state index in [-0.39, 0.29) is 0 Å². The SMILES string of the molecule is CCC(=S)c1ccc(C)c(OC)c1. The van der Waals surface area contributed by atoms with Gasteiger partial charge in [-0.15, -0.1) is 0 Å². The van der Waals surface area contributed by atoms with Gasteiger partial charge in [-0.05, 0) is 30.5 Å². The highest BCUT2D eigenvalue weighted by atomic mass is 32.1. The summed E-state index contributed by atoms with van der Waals surface area (Å²) in [6, 6.07) is 6.08. The molecule has 70 valence electrons. The second-order valence-corrected chi connectivity index (χ2v) is 3.45. The molecule has 1 rings (SSSR count). The summed E-state index contributed by atoms with van der Waals surface area (Å²) in [4.78, 5) is 0.985. The van der Waals surface area contributed by atoms with Gasteiger partial charge in [0.25, 0.3) is 0 Å². The van der Waals surface area contributed by atoms with Crippen molar-refractivity contribution in [2.45, 2.75) is 20.3 Å². The Morgan fingerprint density at radius 2 is 2.15 bits per heavy atom. The first-order chi connectivity index (χ1) is 6.19. The molecule has 1 aromatic rings. The van der Waals surface area contributed by atoms with Crippen LogP contribution in [0.3, 0.4) is 0 Å². The summed E-state index contributed by atoms with van der Waals surface area (Å²) in [7, 11) is 1.68. The third-order valence-electron chi connectivity index (χ3n) is 2.05. The van der Waals surface area contributed by atoms with E-state index >= 15 is 0 Å². The third-order valence-corrected chi connectivity index (χ3v) is 2.58. The van der Waals surface area contributed by atoms with Crippen LogP contribution in [0.4, 0.5) is 0 Å². The Kier molecular flexibility index (Phi) is 3.43. The summed E-state index contributed by atoms with van der Waals surface area (Å²) >= 11 is 5.22. The number of ether oxygens (including phenoxy) is 1. The lowest BCUT2D eigenvalue weighted by Crippen LogP contribution is -1.96. The Hall–Kier alpha value is -0.890. The van der Waals surface area contributed by atoms with E-state index in [0.717, 1.165) is 28.2 Å². The van der Waals surface area contributed by atoms with E-state index in [9.17, 15) is 0 Å². The first-order valence-corrected chi connectivity index (χ1v) is 4.77. The quantitative estimate of drug-likeness (QED) is 0.540. The van der Waals surface area contributed by atoms with E-state index in [1.54, 1.807) is 7.11 Å². The number of hydrogen-bond acceptors (Lipinski definition) is 2. The minimum absolute atomic E-state index is 0.904. The molecular formula is C11H14OS. The minimum Gasteiger partial charge on any atom is -0.496 e. The molecule has 0 unspecified atom stereocenters. The molecule has 0 aliphatic heterocycles. The van der Waals surface area contributed by atoms with E-state index in [1.807, 2.05) is 25.1 Å². The zero-order chi connectivity index (χ0) is 9.84. The zero-order valence-corrected chi connectivity index (χ0v) is 9.07. The van der Waals surface area contributed by atoms with Crippen LogP contribution in [-0.4, -0.2) is 12.0 Å². The molecule has 13 heavy (non-hydrogen) atoms. The Morgan fingerprint density at radius 3 is 2.69 bits per heavy atom. The molecule has 0 aliphatic carbocycles. The van der Waals surface area contributed by atoms with Gasteiger partial charge >= 0.3 is 0 Å². The van der Waals surface area contributed by atoms with Gasteiger partial charge in [-0.2, -0.15) is 0 Å². The normalized spacial score (nSPS) is 9.77. The monoisotopic (exact) mass is 194 g/mol. The number of hydrogen-bond donors (Lipinski definition) is 0. The van der Waals surface area contributed by atoms with Crippen molar-refractivity contribution in [1.82, 2.24) is 0 Å². The van der Waals surface area contributed by atoms with Crippen molar-refractivity contribution in [2.75, 3.05) is 7.11 Å². The van der Waals surface area contributed by atoms with Crippen molar-refractivity contribution in [3.8, 4) is 5.75 Å². The largest absolute Gasteiger partial charge is 0.496 e. The molecule has 0 atom stereocenters. The number of thiocarbonyl (C=S) groups is 1. The van der Waals surface area contributed by atoms with Crippen LogP contribution in [0.5, 0.6) is 5.75 Å². The number of rotatable bonds is 3. The van der Waals surface area contributed by atoms with E-state index < -0.39 is 0 Å². The fourth-order valence-electron chi connectivity index (χ4n) is 1.20. The molecule has 0 fully saturated rings. The van der Waals surface area contributed by atoms with E-state index in [0.29, 0.717) is 0 Å². The van der Waals surface area contributed by atoms with Crippen LogP contribution < -0.4 is 4.74 Å². The standard InChI is InChI=1S/C11H14OS/c1-4-11(13)9-6-5-8(2)10(7-9)12-3/h5-7H,4H2,1-3H3. The topological polar surface area (TPSA) is 9.23 Å². The highest BCUT2D eigenvalue weighted by Gasteiger charge is 2.02. The van der Waals surface area contributed by atoms with Crippen molar-refractivity contribution in [2.24, 2.45) is 0 Å². The average Bonchev–Trinajstić information content (AvgIpc) is 2.17. The van der Waals surface area contributed by atoms with Gasteiger partial charge in [0, 0.05) is 4.86 Å². The molecule has 0 spiro atoms. The molecule has 0 saturated heterocycles. The maximum atomic E-state index is 5.22. The Labute approximate surface area is 84.7 Å². The molecule has 0 bridgehead atoms. The molecule has 0 N–H and O–H groups in total. The molecule has 0 saturated carbocycles. The van der Waals surface area contributed by atoms with Crippen LogP contribution in [-0.2, 0) is 0 Å². The van der Waals surface area contributed by atoms with Crippen molar-refractivity contribution < 1.29 is 4.74 Å². The molecule has 0 aromatic heterocycles. The van der Waals surface area contributed by atoms with E-state index in [4.69, 9.17) is 17.0 Å². The molecule has 1 aromatic carbocycles. The Bertz CT molecular complexity index is 318. The highest BCUT2D eigenvalue weighted by Crippen LogP contribution is 2.20. The van der Waals surface area contributed by atoms with Crippen LogP contribution >= 0.6 is 12.2 Å². The van der Waals surface area contributed by atoms with E-state index in [1.165, 1.54) is 0 Å². The van der Waals surface area contributed by atoms with Gasteiger partial charge in [0.1, 0.15) is 5.75 Å². The van der Waals surface area contributed by atoms with Crippen LogP contribution in [0.15, 0.2) is 18.2 Å². The molecule has 0 aliphatic rings. The lowest BCUT2D eigenvalue weighted by atomic mass is 10.1. The number of benzene rings is 1. The summed E-state index contributed by atoms with van der Waals surface area (Å²) in [6.07, 6.45) is 0.904. The smallest absolute Gasteiger partial charge is 0.122 e. The Balaban J connectivity index is 3.06. The summed E-state index contributed by atoms with van der Waals surface area (Å²) in [6.45, 7) is 4.09. The summed E-state index contributed by atoms with van der Waals surface area (Å²) < 4.78 is 5.22. The van der Waals surface area contributed by atoms with Gasteiger partial charge in [-0.1, -0.05) is 31.3 Å². The van der Waals surface area contributed by atoms with E-state index in [2.05, 4.69) is 6.92 Å². The molecule has 0 heterocycles. The summed E-state index contributed by atoms with van der Waals surface area (Å²) in [5.74, 6) is 0.910. The van der Waals surface area contributed by atoms with Crippen molar-refractivity contribution in [3.63, 3.8) is 0 Å². The van der Waals surface area contributed by atoms with Crippen LogP contribution in [0.25, 0.3) is 0 Å². The lowest BCUT2D eigenvalue weighted by molar-refractivity contribution is 0.411. The predicted octanol–water partition coefficient (Wildman–Crippen LogP) is 3.13. The molecule has 1 nitrogen and oxygen atoms in total. The fourth-order valence-corrected chi connectivity index (χ4v) is 1.32. The first kappa shape index (κ1) is 10.2. The molecule has 0 radical (unpaired) electrons. The molecular weight excluding hydrogens is 180 g/mol. The molecule has 2 heteroatoms. The molecule has 0 amide bonds. The highest BCUT2D eigenvalue weighted by molar-refractivity contribution is 7.80. The van der Waals surface area contributed by atoms with Crippen LogP contribution in [0.2, 0.25) is 0 Å². The van der Waals surface area contributed by atoms with Crippen molar-refractivity contribution >= 4 is 17.1 Å². The predicted molar refractivity (Wildman–Crippen MR) is 59.7 cm³/mol. The minimum atomic E-state index is 0.904. The van der Waals surface area contributed by atoms with Gasteiger partial charge in [0.2, 0.25) is 0 Å². The summed E-state index contributed by atoms with van der Waals surface area (Å²) in [5.41, 5.74) is 2.24.